The van der Waals surface area contributed by atoms with Crippen molar-refractivity contribution in [3.05, 3.63) is 18.2 Å². The summed E-state index contributed by atoms with van der Waals surface area (Å²) in [5, 5.41) is 6.18. The quantitative estimate of drug-likeness (QED) is 0.868. The SMILES string of the molecule is COc1cc(NC(=O)C2CCNCC2)cc(OC)c1. The Labute approximate surface area is 113 Å². The fourth-order valence-electron chi connectivity index (χ4n) is 2.21. The van der Waals surface area contributed by atoms with Gasteiger partial charge in [-0.15, -0.1) is 0 Å². The Bertz CT molecular complexity index is 420. The van der Waals surface area contributed by atoms with E-state index in [4.69, 9.17) is 9.47 Å². The van der Waals surface area contributed by atoms with E-state index in [0.717, 1.165) is 25.9 Å². The van der Waals surface area contributed by atoms with E-state index >= 15 is 0 Å². The summed E-state index contributed by atoms with van der Waals surface area (Å²) in [6.45, 7) is 1.80. The third-order valence-corrected chi connectivity index (χ3v) is 3.33. The first kappa shape index (κ1) is 13.7. The molecule has 2 N–H and O–H groups in total. The molecule has 5 heteroatoms. The van der Waals surface area contributed by atoms with Crippen molar-refractivity contribution in [2.75, 3.05) is 32.6 Å². The summed E-state index contributed by atoms with van der Waals surface area (Å²) in [6, 6.07) is 5.36. The maximum Gasteiger partial charge on any atom is 0.227 e. The van der Waals surface area contributed by atoms with Crippen LogP contribution in [0.15, 0.2) is 18.2 Å². The number of benzene rings is 1. The summed E-state index contributed by atoms with van der Waals surface area (Å²) in [4.78, 5) is 12.1. The van der Waals surface area contributed by atoms with Crippen molar-refractivity contribution in [3.63, 3.8) is 0 Å². The second-order valence-electron chi connectivity index (χ2n) is 4.61. The summed E-state index contributed by atoms with van der Waals surface area (Å²) in [5.74, 6) is 1.48. The maximum absolute atomic E-state index is 12.1. The Hall–Kier alpha value is -1.75. The summed E-state index contributed by atoms with van der Waals surface area (Å²) in [6.07, 6.45) is 1.76. The molecule has 1 heterocycles. The Morgan fingerprint density at radius 2 is 1.74 bits per heavy atom. The summed E-state index contributed by atoms with van der Waals surface area (Å²) in [5.41, 5.74) is 0.708. The number of carbonyl (C=O) groups excluding carboxylic acids is 1. The zero-order valence-corrected chi connectivity index (χ0v) is 11.4. The molecule has 19 heavy (non-hydrogen) atoms. The third kappa shape index (κ3) is 3.61. The molecule has 0 unspecified atom stereocenters. The Morgan fingerprint density at radius 3 is 2.26 bits per heavy atom. The minimum absolute atomic E-state index is 0.0665. The van der Waals surface area contributed by atoms with Gasteiger partial charge in [0.05, 0.1) is 14.2 Å². The van der Waals surface area contributed by atoms with Crippen molar-refractivity contribution in [2.45, 2.75) is 12.8 Å². The van der Waals surface area contributed by atoms with Crippen LogP contribution in [0, 0.1) is 5.92 Å². The van der Waals surface area contributed by atoms with Crippen LogP contribution in [0.2, 0.25) is 0 Å². The van der Waals surface area contributed by atoms with E-state index in [9.17, 15) is 4.79 Å². The lowest BCUT2D eigenvalue weighted by atomic mass is 9.97. The van der Waals surface area contributed by atoms with Crippen LogP contribution in [0.1, 0.15) is 12.8 Å². The number of methoxy groups -OCH3 is 2. The van der Waals surface area contributed by atoms with Gasteiger partial charge < -0.3 is 20.1 Å². The first-order valence-corrected chi connectivity index (χ1v) is 6.47. The average Bonchev–Trinajstić information content (AvgIpc) is 2.47. The van der Waals surface area contributed by atoms with E-state index in [1.807, 2.05) is 0 Å². The van der Waals surface area contributed by atoms with Gasteiger partial charge in [0.2, 0.25) is 5.91 Å². The Morgan fingerprint density at radius 1 is 1.16 bits per heavy atom. The summed E-state index contributed by atoms with van der Waals surface area (Å²) >= 11 is 0. The molecule has 2 rings (SSSR count). The molecule has 0 aromatic heterocycles. The van der Waals surface area contributed by atoms with Crippen molar-refractivity contribution in [1.29, 1.82) is 0 Å². The molecular weight excluding hydrogens is 244 g/mol. The number of hydrogen-bond donors (Lipinski definition) is 2. The van der Waals surface area contributed by atoms with Gasteiger partial charge in [0.15, 0.2) is 0 Å². The molecule has 1 aromatic rings. The number of ether oxygens (including phenoxy) is 2. The normalized spacial score (nSPS) is 15.9. The molecule has 104 valence electrons. The van der Waals surface area contributed by atoms with Crippen LogP contribution in [0.3, 0.4) is 0 Å². The van der Waals surface area contributed by atoms with Gasteiger partial charge in [0, 0.05) is 29.8 Å². The molecule has 0 aliphatic carbocycles. The van der Waals surface area contributed by atoms with E-state index in [2.05, 4.69) is 10.6 Å². The summed E-state index contributed by atoms with van der Waals surface area (Å²) < 4.78 is 10.4. The van der Waals surface area contributed by atoms with Crippen molar-refractivity contribution in [1.82, 2.24) is 5.32 Å². The molecule has 1 aliphatic rings. The van der Waals surface area contributed by atoms with Crippen LogP contribution in [-0.2, 0) is 4.79 Å². The molecule has 5 nitrogen and oxygen atoms in total. The van der Waals surface area contributed by atoms with Crippen molar-refractivity contribution >= 4 is 11.6 Å². The zero-order valence-electron chi connectivity index (χ0n) is 11.4. The van der Waals surface area contributed by atoms with Crippen LogP contribution in [0.25, 0.3) is 0 Å². The highest BCUT2D eigenvalue weighted by atomic mass is 16.5. The standard InChI is InChI=1S/C14H20N2O3/c1-18-12-7-11(8-13(9-12)19-2)16-14(17)10-3-5-15-6-4-10/h7-10,15H,3-6H2,1-2H3,(H,16,17). The maximum atomic E-state index is 12.1. The van der Waals surface area contributed by atoms with Crippen LogP contribution in [0.4, 0.5) is 5.69 Å². The topological polar surface area (TPSA) is 59.6 Å². The van der Waals surface area contributed by atoms with E-state index in [1.54, 1.807) is 32.4 Å². The molecule has 0 saturated carbocycles. The van der Waals surface area contributed by atoms with Crippen LogP contribution in [-0.4, -0.2) is 33.2 Å². The van der Waals surface area contributed by atoms with Gasteiger partial charge in [0.1, 0.15) is 11.5 Å². The van der Waals surface area contributed by atoms with Gasteiger partial charge in [-0.05, 0) is 25.9 Å². The molecule has 1 aliphatic heterocycles. The van der Waals surface area contributed by atoms with E-state index < -0.39 is 0 Å². The molecule has 0 spiro atoms. The average molecular weight is 264 g/mol. The van der Waals surface area contributed by atoms with Gasteiger partial charge in [-0.3, -0.25) is 4.79 Å². The lowest BCUT2D eigenvalue weighted by Gasteiger charge is -2.22. The predicted octanol–water partition coefficient (Wildman–Crippen LogP) is 1.64. The molecule has 1 aromatic carbocycles. The molecule has 0 atom stereocenters. The number of anilines is 1. The minimum atomic E-state index is 0.0665. The largest absolute Gasteiger partial charge is 0.497 e. The van der Waals surface area contributed by atoms with Crippen molar-refractivity contribution in [2.24, 2.45) is 5.92 Å². The molecule has 0 radical (unpaired) electrons. The second kappa shape index (κ2) is 6.43. The van der Waals surface area contributed by atoms with E-state index in [0.29, 0.717) is 17.2 Å². The number of amides is 1. The first-order chi connectivity index (χ1) is 9.22. The van der Waals surface area contributed by atoms with Gasteiger partial charge >= 0.3 is 0 Å². The minimum Gasteiger partial charge on any atom is -0.497 e. The zero-order chi connectivity index (χ0) is 13.7. The van der Waals surface area contributed by atoms with Crippen LogP contribution >= 0.6 is 0 Å². The number of rotatable bonds is 4. The monoisotopic (exact) mass is 264 g/mol. The Balaban J connectivity index is 2.06. The highest BCUT2D eigenvalue weighted by Gasteiger charge is 2.21. The van der Waals surface area contributed by atoms with Gasteiger partial charge in [-0.2, -0.15) is 0 Å². The second-order valence-corrected chi connectivity index (χ2v) is 4.61. The third-order valence-electron chi connectivity index (χ3n) is 3.33. The van der Waals surface area contributed by atoms with Gasteiger partial charge in [-0.25, -0.2) is 0 Å². The number of hydrogen-bond acceptors (Lipinski definition) is 4. The molecule has 1 saturated heterocycles. The molecule has 0 bridgehead atoms. The Kier molecular flexibility index (Phi) is 4.63. The lowest BCUT2D eigenvalue weighted by Crippen LogP contribution is -2.34. The van der Waals surface area contributed by atoms with Gasteiger partial charge in [-0.1, -0.05) is 0 Å². The highest BCUT2D eigenvalue weighted by Crippen LogP contribution is 2.26. The molecular formula is C14H20N2O3. The summed E-state index contributed by atoms with van der Waals surface area (Å²) in [7, 11) is 3.18. The van der Waals surface area contributed by atoms with E-state index in [-0.39, 0.29) is 11.8 Å². The molecule has 1 amide bonds. The highest BCUT2D eigenvalue weighted by molar-refractivity contribution is 5.93. The van der Waals surface area contributed by atoms with E-state index in [1.165, 1.54) is 0 Å². The predicted molar refractivity (Wildman–Crippen MR) is 73.8 cm³/mol. The van der Waals surface area contributed by atoms with Crippen LogP contribution < -0.4 is 20.1 Å². The lowest BCUT2D eigenvalue weighted by molar-refractivity contribution is -0.120. The number of carbonyl (C=O) groups is 1. The smallest absolute Gasteiger partial charge is 0.227 e. The number of nitrogens with one attached hydrogen (secondary N) is 2. The number of piperidine rings is 1. The molecule has 1 fully saturated rings. The fraction of sp³-hybridized carbons (Fsp3) is 0.500. The fourth-order valence-corrected chi connectivity index (χ4v) is 2.21. The van der Waals surface area contributed by atoms with Crippen molar-refractivity contribution in [3.8, 4) is 11.5 Å². The first-order valence-electron chi connectivity index (χ1n) is 6.47. The van der Waals surface area contributed by atoms with Crippen LogP contribution in [0.5, 0.6) is 11.5 Å². The van der Waals surface area contributed by atoms with Crippen molar-refractivity contribution < 1.29 is 14.3 Å². The van der Waals surface area contributed by atoms with Gasteiger partial charge in [0.25, 0.3) is 0 Å².